The molecule has 33 heavy (non-hydrogen) atoms. The zero-order chi connectivity index (χ0) is 23.2. The molecule has 0 spiro atoms. The van der Waals surface area contributed by atoms with Crippen LogP contribution in [0.3, 0.4) is 0 Å². The van der Waals surface area contributed by atoms with Crippen LogP contribution in [0.15, 0.2) is 88.9 Å². The minimum atomic E-state index is -3.73. The Morgan fingerprint density at radius 3 is 1.94 bits per heavy atom. The van der Waals surface area contributed by atoms with Crippen LogP contribution in [0, 0.1) is 20.8 Å². The van der Waals surface area contributed by atoms with Crippen LogP contribution < -0.4 is 4.83 Å². The summed E-state index contributed by atoms with van der Waals surface area (Å²) in [5.41, 5.74) is 4.30. The lowest BCUT2D eigenvalue weighted by Gasteiger charge is -2.16. The first-order valence-corrected chi connectivity index (χ1v) is 12.3. The van der Waals surface area contributed by atoms with Crippen molar-refractivity contribution in [3.05, 3.63) is 101 Å². The molecule has 0 aliphatic rings. The molecule has 0 amide bonds. The van der Waals surface area contributed by atoms with E-state index in [9.17, 15) is 8.42 Å². The molecule has 0 fully saturated rings. The minimum absolute atomic E-state index is 0.187. The number of sulfonamides is 1. The van der Waals surface area contributed by atoms with E-state index in [4.69, 9.17) is 0 Å². The van der Waals surface area contributed by atoms with Crippen molar-refractivity contribution in [3.63, 3.8) is 0 Å². The fraction of sp³-hybridized carbons (Fsp3) is 0.107. The summed E-state index contributed by atoms with van der Waals surface area (Å²) in [6.07, 6.45) is 1.59. The minimum Gasteiger partial charge on any atom is -0.200 e. The summed E-state index contributed by atoms with van der Waals surface area (Å²) >= 11 is 0. The number of nitrogens with one attached hydrogen (secondary N) is 1. The van der Waals surface area contributed by atoms with Crippen LogP contribution in [0.1, 0.15) is 22.3 Å². The van der Waals surface area contributed by atoms with Crippen LogP contribution >= 0.6 is 0 Å². The van der Waals surface area contributed by atoms with Gasteiger partial charge in [-0.1, -0.05) is 66.2 Å². The fourth-order valence-electron chi connectivity index (χ4n) is 4.56. The fourth-order valence-corrected chi connectivity index (χ4v) is 5.35. The number of hydrogen-bond acceptors (Lipinski definition) is 3. The van der Waals surface area contributed by atoms with E-state index in [0.717, 1.165) is 27.3 Å². The maximum absolute atomic E-state index is 12.6. The van der Waals surface area contributed by atoms with Crippen molar-refractivity contribution in [3.8, 4) is 0 Å². The van der Waals surface area contributed by atoms with Crippen LogP contribution in [0.5, 0.6) is 0 Å². The summed E-state index contributed by atoms with van der Waals surface area (Å²) in [7, 11) is -3.73. The van der Waals surface area contributed by atoms with E-state index < -0.39 is 10.0 Å². The first-order chi connectivity index (χ1) is 15.9. The number of rotatable bonds is 4. The summed E-state index contributed by atoms with van der Waals surface area (Å²) < 4.78 is 25.3. The maximum atomic E-state index is 12.6. The Balaban J connectivity index is 1.66. The molecule has 0 saturated carbocycles. The highest BCUT2D eigenvalue weighted by Gasteiger charge is 2.14. The van der Waals surface area contributed by atoms with Crippen LogP contribution in [0.2, 0.25) is 0 Å². The van der Waals surface area contributed by atoms with Gasteiger partial charge in [0.05, 0.1) is 11.1 Å². The van der Waals surface area contributed by atoms with Crippen LogP contribution in [-0.2, 0) is 10.0 Å². The molecule has 0 atom stereocenters. The van der Waals surface area contributed by atoms with Crippen molar-refractivity contribution in [2.24, 2.45) is 5.10 Å². The molecule has 0 aromatic heterocycles. The number of aryl methyl sites for hydroxylation is 3. The lowest BCUT2D eigenvalue weighted by Crippen LogP contribution is -2.18. The molecule has 0 saturated heterocycles. The second-order valence-corrected chi connectivity index (χ2v) is 10.1. The molecule has 0 radical (unpaired) electrons. The monoisotopic (exact) mass is 452 g/mol. The summed E-state index contributed by atoms with van der Waals surface area (Å²) in [5, 5.41) is 11.1. The van der Waals surface area contributed by atoms with Gasteiger partial charge in [0, 0.05) is 5.56 Å². The average molecular weight is 453 g/mol. The predicted octanol–water partition coefficient (Wildman–Crippen LogP) is 6.38. The lowest BCUT2D eigenvalue weighted by molar-refractivity contribution is 0.584. The molecule has 0 aliphatic heterocycles. The molecule has 0 bridgehead atoms. The molecular weight excluding hydrogens is 428 g/mol. The molecule has 0 unspecified atom stereocenters. The molecule has 0 aliphatic carbocycles. The summed E-state index contributed by atoms with van der Waals surface area (Å²) in [5.74, 6) is 0. The van der Waals surface area contributed by atoms with Crippen molar-refractivity contribution in [2.75, 3.05) is 0 Å². The Bertz CT molecular complexity index is 1670. The van der Waals surface area contributed by atoms with Crippen molar-refractivity contribution in [1.82, 2.24) is 4.83 Å². The van der Waals surface area contributed by atoms with Crippen molar-refractivity contribution >= 4 is 48.6 Å². The summed E-state index contributed by atoms with van der Waals surface area (Å²) in [6.45, 7) is 6.22. The molecule has 5 rings (SSSR count). The average Bonchev–Trinajstić information content (AvgIpc) is 2.82. The van der Waals surface area contributed by atoms with Crippen molar-refractivity contribution in [1.29, 1.82) is 0 Å². The predicted molar refractivity (Wildman–Crippen MR) is 138 cm³/mol. The van der Waals surface area contributed by atoms with E-state index in [0.29, 0.717) is 0 Å². The van der Waals surface area contributed by atoms with Gasteiger partial charge in [0.2, 0.25) is 0 Å². The molecule has 4 nitrogen and oxygen atoms in total. The number of hydrazone groups is 1. The zero-order valence-corrected chi connectivity index (χ0v) is 19.6. The Kier molecular flexibility index (Phi) is 5.14. The first-order valence-electron chi connectivity index (χ1n) is 10.8. The Labute approximate surface area is 193 Å². The smallest absolute Gasteiger partial charge is 0.200 e. The van der Waals surface area contributed by atoms with E-state index >= 15 is 0 Å². The molecule has 0 heterocycles. The lowest BCUT2D eigenvalue weighted by atomic mass is 9.88. The third kappa shape index (κ3) is 3.64. The Morgan fingerprint density at radius 1 is 0.697 bits per heavy atom. The van der Waals surface area contributed by atoms with Gasteiger partial charge in [-0.05, 0) is 82.4 Å². The third-order valence-electron chi connectivity index (χ3n) is 6.30. The highest BCUT2D eigenvalue weighted by Crippen LogP contribution is 2.37. The molecule has 164 valence electrons. The topological polar surface area (TPSA) is 58.5 Å². The number of fused-ring (bicyclic) bond motifs is 4. The SMILES string of the molecule is Cc1ccc(S(=O)(=O)N/N=C\c2cc3c(C)c4ccccc4c(C)c3c3ccccc23)cc1. The standard InChI is InChI=1S/C28H24N2O2S/c1-18-12-14-22(15-13-18)33(31,32)30-29-17-21-16-27-19(2)23-8-4-5-9-24(23)20(3)28(27)26-11-7-6-10-25(21)26/h4-17,30H,1-3H3/b29-17-. The quantitative estimate of drug-likeness (QED) is 0.149. The first kappa shape index (κ1) is 21.2. The highest BCUT2D eigenvalue weighted by atomic mass is 32.2. The Morgan fingerprint density at radius 2 is 1.27 bits per heavy atom. The number of nitrogens with zero attached hydrogens (tertiary/aromatic N) is 1. The van der Waals surface area contributed by atoms with Gasteiger partial charge in [-0.15, -0.1) is 0 Å². The Hall–Kier alpha value is -3.70. The van der Waals surface area contributed by atoms with E-state index in [1.807, 2.05) is 19.1 Å². The van der Waals surface area contributed by atoms with Gasteiger partial charge in [0.1, 0.15) is 0 Å². The molecule has 5 aromatic rings. The van der Waals surface area contributed by atoms with Crippen LogP contribution in [-0.4, -0.2) is 14.6 Å². The summed E-state index contributed by atoms with van der Waals surface area (Å²) in [4.78, 5) is 2.54. The van der Waals surface area contributed by atoms with Crippen molar-refractivity contribution in [2.45, 2.75) is 25.7 Å². The van der Waals surface area contributed by atoms with Crippen LogP contribution in [0.25, 0.3) is 32.3 Å². The second kappa shape index (κ2) is 8.01. The van der Waals surface area contributed by atoms with E-state index in [-0.39, 0.29) is 4.90 Å². The van der Waals surface area contributed by atoms with Crippen molar-refractivity contribution < 1.29 is 8.42 Å². The van der Waals surface area contributed by atoms with Gasteiger partial charge in [0.25, 0.3) is 10.0 Å². The maximum Gasteiger partial charge on any atom is 0.276 e. The largest absolute Gasteiger partial charge is 0.276 e. The van der Waals surface area contributed by atoms with Gasteiger partial charge in [-0.2, -0.15) is 13.5 Å². The van der Waals surface area contributed by atoms with Gasteiger partial charge >= 0.3 is 0 Å². The van der Waals surface area contributed by atoms with Crippen LogP contribution in [0.4, 0.5) is 0 Å². The molecule has 5 heteroatoms. The second-order valence-electron chi connectivity index (χ2n) is 8.40. The summed E-state index contributed by atoms with van der Waals surface area (Å²) in [6, 6.07) is 25.4. The highest BCUT2D eigenvalue weighted by molar-refractivity contribution is 7.89. The van der Waals surface area contributed by atoms with E-state index in [1.54, 1.807) is 30.5 Å². The van der Waals surface area contributed by atoms with Gasteiger partial charge in [0.15, 0.2) is 0 Å². The molecule has 1 N–H and O–H groups in total. The zero-order valence-electron chi connectivity index (χ0n) is 18.8. The molecule has 5 aromatic carbocycles. The van der Waals surface area contributed by atoms with Gasteiger partial charge in [-0.3, -0.25) is 0 Å². The molecular formula is C28H24N2O2S. The van der Waals surface area contributed by atoms with E-state index in [1.165, 1.54) is 27.3 Å². The van der Waals surface area contributed by atoms with E-state index in [2.05, 4.69) is 66.2 Å². The normalized spacial score (nSPS) is 12.2. The number of benzene rings is 5. The van der Waals surface area contributed by atoms with Gasteiger partial charge in [-0.25, -0.2) is 4.83 Å². The number of hydrogen-bond donors (Lipinski definition) is 1. The third-order valence-corrected chi connectivity index (χ3v) is 7.54. The van der Waals surface area contributed by atoms with Gasteiger partial charge < -0.3 is 0 Å².